The third kappa shape index (κ3) is 5.52. The molecule has 0 amide bonds. The van der Waals surface area contributed by atoms with Gasteiger partial charge in [0.25, 0.3) is 0 Å². The minimum Gasteiger partial charge on any atom is -0.462 e. The Labute approximate surface area is 203 Å². The third-order valence-electron chi connectivity index (χ3n) is 5.77. The zero-order valence-electron chi connectivity index (χ0n) is 19.7. The fourth-order valence-corrected chi connectivity index (χ4v) is 4.04. The van der Waals surface area contributed by atoms with Crippen LogP contribution in [0.25, 0.3) is 16.6 Å². The number of rotatable bonds is 8. The first kappa shape index (κ1) is 24.0. The minimum atomic E-state index is -0.377. The zero-order chi connectivity index (χ0) is 24.8. The number of hydrazone groups is 1. The Bertz CT molecular complexity index is 1310. The van der Waals surface area contributed by atoms with Crippen molar-refractivity contribution in [3.05, 3.63) is 81.6 Å². The second-order valence-electron chi connectivity index (χ2n) is 8.09. The molecule has 4 rings (SSSR count). The molecule has 9 nitrogen and oxygen atoms in total. The van der Waals surface area contributed by atoms with Crippen molar-refractivity contribution in [2.45, 2.75) is 13.5 Å². The summed E-state index contributed by atoms with van der Waals surface area (Å²) in [4.78, 5) is 30.4. The molecule has 1 aromatic heterocycles. The summed E-state index contributed by atoms with van der Waals surface area (Å²) in [6.07, 6.45) is 1.67. The van der Waals surface area contributed by atoms with Crippen LogP contribution in [-0.4, -0.2) is 55.6 Å². The van der Waals surface area contributed by atoms with Gasteiger partial charge >= 0.3 is 5.97 Å². The second kappa shape index (κ2) is 10.9. The molecule has 0 saturated carbocycles. The molecule has 9 heteroatoms. The van der Waals surface area contributed by atoms with E-state index >= 15 is 0 Å². The van der Waals surface area contributed by atoms with Crippen LogP contribution in [-0.2, 0) is 16.0 Å². The lowest BCUT2D eigenvalue weighted by Gasteiger charge is -2.28. The van der Waals surface area contributed by atoms with Gasteiger partial charge in [-0.15, -0.1) is 0 Å². The fourth-order valence-electron chi connectivity index (χ4n) is 4.04. The second-order valence-corrected chi connectivity index (χ2v) is 8.09. The number of hydrogen-bond acceptors (Lipinski definition) is 8. The third-order valence-corrected chi connectivity index (χ3v) is 5.77. The van der Waals surface area contributed by atoms with Gasteiger partial charge < -0.3 is 25.1 Å². The molecule has 3 aromatic rings. The summed E-state index contributed by atoms with van der Waals surface area (Å²) in [7, 11) is 0. The van der Waals surface area contributed by atoms with Crippen LogP contribution in [0.5, 0.6) is 0 Å². The van der Waals surface area contributed by atoms with E-state index in [4.69, 9.17) is 15.2 Å². The number of H-pyrrole nitrogens is 1. The van der Waals surface area contributed by atoms with E-state index < -0.39 is 0 Å². The number of nitrogens with one attached hydrogen (secondary N) is 1. The van der Waals surface area contributed by atoms with Crippen molar-refractivity contribution in [2.24, 2.45) is 10.8 Å². The number of aromatic amines is 1. The number of fused-ring (bicyclic) bond motifs is 1. The lowest BCUT2D eigenvalue weighted by atomic mass is 10.1. The van der Waals surface area contributed by atoms with Gasteiger partial charge in [0.15, 0.2) is 5.43 Å². The van der Waals surface area contributed by atoms with Gasteiger partial charge in [-0.05, 0) is 30.7 Å². The Hall–Kier alpha value is -4.11. The van der Waals surface area contributed by atoms with Gasteiger partial charge in [-0.3, -0.25) is 9.80 Å². The quantitative estimate of drug-likeness (QED) is 0.293. The Morgan fingerprint density at radius 2 is 2.03 bits per heavy atom. The van der Waals surface area contributed by atoms with E-state index in [-0.39, 0.29) is 11.4 Å². The van der Waals surface area contributed by atoms with Gasteiger partial charge in [-0.2, -0.15) is 5.10 Å². The van der Waals surface area contributed by atoms with E-state index in [9.17, 15) is 9.59 Å². The summed E-state index contributed by atoms with van der Waals surface area (Å²) in [5.74, 6) is 0.360. The molecule has 0 spiro atoms. The number of aromatic nitrogens is 1. The number of esters is 1. The lowest BCUT2D eigenvalue weighted by molar-refractivity contribution is 0.0526. The first-order chi connectivity index (χ1) is 17.0. The van der Waals surface area contributed by atoms with Gasteiger partial charge in [0, 0.05) is 43.0 Å². The summed E-state index contributed by atoms with van der Waals surface area (Å²) in [6.45, 7) is 8.70. The van der Waals surface area contributed by atoms with Gasteiger partial charge in [0.2, 0.25) is 0 Å². The van der Waals surface area contributed by atoms with E-state index in [1.165, 1.54) is 0 Å². The van der Waals surface area contributed by atoms with Gasteiger partial charge in [-0.25, -0.2) is 4.79 Å². The molecule has 182 valence electrons. The molecule has 1 aliphatic heterocycles. The highest BCUT2D eigenvalue weighted by Crippen LogP contribution is 2.23. The summed E-state index contributed by atoms with van der Waals surface area (Å²) in [5, 5.41) is 6.20. The molecular formula is C26H29N5O4. The highest BCUT2D eigenvalue weighted by Gasteiger charge is 2.16. The topological polar surface area (TPSA) is 113 Å². The Morgan fingerprint density at radius 3 is 2.77 bits per heavy atom. The molecule has 0 atom stereocenters. The maximum atomic E-state index is 12.9. The van der Waals surface area contributed by atoms with Crippen LogP contribution >= 0.6 is 0 Å². The van der Waals surface area contributed by atoms with E-state index in [0.717, 1.165) is 11.4 Å². The van der Waals surface area contributed by atoms with Crippen LogP contribution in [0.15, 0.2) is 64.6 Å². The van der Waals surface area contributed by atoms with Crippen LogP contribution in [0.3, 0.4) is 0 Å². The SMILES string of the molecule is C=NN(/C=C(\N)c1cccc2c(=O)cc(N3CCOCC3)[nH]c12)Cc1cccc(C(=O)OCC)c1. The number of hydrogen-bond donors (Lipinski definition) is 2. The normalized spacial score (nSPS) is 14.1. The zero-order valence-corrected chi connectivity index (χ0v) is 19.7. The molecule has 1 fully saturated rings. The van der Waals surface area contributed by atoms with Crippen molar-refractivity contribution in [1.82, 2.24) is 9.99 Å². The monoisotopic (exact) mass is 475 g/mol. The smallest absolute Gasteiger partial charge is 0.338 e. The molecule has 0 bridgehead atoms. The maximum absolute atomic E-state index is 12.9. The van der Waals surface area contributed by atoms with E-state index in [0.29, 0.717) is 67.2 Å². The van der Waals surface area contributed by atoms with Crippen LogP contribution in [0.1, 0.15) is 28.4 Å². The van der Waals surface area contributed by atoms with Crippen molar-refractivity contribution >= 4 is 35.1 Å². The molecule has 35 heavy (non-hydrogen) atoms. The number of anilines is 1. The number of morpholine rings is 1. The standard InChI is InChI=1S/C26H29N5O4/c1-3-35-26(33)19-7-4-6-18(14-19)16-31(28-2)17-22(27)20-8-5-9-21-23(32)15-24(29-25(20)21)30-10-12-34-13-11-30/h4-9,14-15,17H,2-3,10-13,16,27H2,1H3,(H,29,32)/b22-17-. The fraction of sp³-hybridized carbons (Fsp3) is 0.269. The summed E-state index contributed by atoms with van der Waals surface area (Å²) < 4.78 is 10.5. The van der Waals surface area contributed by atoms with Crippen LogP contribution in [0.2, 0.25) is 0 Å². The number of para-hydroxylation sites is 1. The predicted molar refractivity (Wildman–Crippen MR) is 137 cm³/mol. The summed E-state index contributed by atoms with van der Waals surface area (Å²) >= 11 is 0. The number of carbonyl (C=O) groups is 1. The Kier molecular flexibility index (Phi) is 7.47. The average Bonchev–Trinajstić information content (AvgIpc) is 2.88. The number of pyridine rings is 1. The number of nitrogens with two attached hydrogens (primary N) is 1. The van der Waals surface area contributed by atoms with E-state index in [1.54, 1.807) is 54.5 Å². The summed E-state index contributed by atoms with van der Waals surface area (Å²) in [6, 6.07) is 14.2. The minimum absolute atomic E-state index is 0.0793. The number of ether oxygens (including phenoxy) is 2. The van der Waals surface area contributed by atoms with Crippen LogP contribution in [0, 0.1) is 0 Å². The average molecular weight is 476 g/mol. The van der Waals surface area contributed by atoms with E-state index in [2.05, 4.69) is 21.7 Å². The highest BCUT2D eigenvalue weighted by atomic mass is 16.5. The van der Waals surface area contributed by atoms with E-state index in [1.807, 2.05) is 12.1 Å². The van der Waals surface area contributed by atoms with Crippen LogP contribution < -0.4 is 16.1 Å². The Morgan fingerprint density at radius 1 is 1.26 bits per heavy atom. The largest absolute Gasteiger partial charge is 0.462 e. The predicted octanol–water partition coefficient (Wildman–Crippen LogP) is 2.92. The molecule has 3 N–H and O–H groups in total. The van der Waals surface area contributed by atoms with Crippen molar-refractivity contribution < 1.29 is 14.3 Å². The highest BCUT2D eigenvalue weighted by molar-refractivity contribution is 5.91. The number of benzene rings is 2. The Balaban J connectivity index is 1.64. The molecule has 0 radical (unpaired) electrons. The molecule has 0 aliphatic carbocycles. The van der Waals surface area contributed by atoms with Gasteiger partial charge in [0.1, 0.15) is 5.82 Å². The van der Waals surface area contributed by atoms with Crippen molar-refractivity contribution in [3.8, 4) is 0 Å². The molecule has 1 aliphatic rings. The lowest BCUT2D eigenvalue weighted by Crippen LogP contribution is -2.37. The molecule has 2 heterocycles. The van der Waals surface area contributed by atoms with Crippen molar-refractivity contribution in [1.29, 1.82) is 0 Å². The van der Waals surface area contributed by atoms with Crippen molar-refractivity contribution in [2.75, 3.05) is 37.8 Å². The molecule has 1 saturated heterocycles. The number of nitrogens with zero attached hydrogens (tertiary/aromatic N) is 3. The molecule has 0 unspecified atom stereocenters. The summed E-state index contributed by atoms with van der Waals surface area (Å²) in [5.41, 5.74) is 9.47. The maximum Gasteiger partial charge on any atom is 0.338 e. The van der Waals surface area contributed by atoms with Crippen LogP contribution in [0.4, 0.5) is 5.82 Å². The number of carbonyl (C=O) groups excluding carboxylic acids is 1. The van der Waals surface area contributed by atoms with Gasteiger partial charge in [-0.1, -0.05) is 24.3 Å². The van der Waals surface area contributed by atoms with Gasteiger partial charge in [0.05, 0.1) is 43.1 Å². The first-order valence-electron chi connectivity index (χ1n) is 11.5. The first-order valence-corrected chi connectivity index (χ1v) is 11.5. The van der Waals surface area contributed by atoms with Crippen molar-refractivity contribution in [3.63, 3.8) is 0 Å². The molecule has 2 aromatic carbocycles. The molecular weight excluding hydrogens is 446 g/mol.